The number of rotatable bonds is 5. The van der Waals surface area contributed by atoms with Gasteiger partial charge in [-0.05, 0) is 48.2 Å². The maximum absolute atomic E-state index is 12.4. The lowest BCUT2D eigenvalue weighted by molar-refractivity contribution is -0.115. The van der Waals surface area contributed by atoms with Crippen LogP contribution >= 0.6 is 35.0 Å². The van der Waals surface area contributed by atoms with E-state index in [1.165, 1.54) is 11.8 Å². The number of amides is 1. The molecule has 0 atom stereocenters. The molecule has 4 rings (SSSR count). The molecule has 7 heteroatoms. The second kappa shape index (κ2) is 9.39. The number of ether oxygens (including phenoxy) is 1. The van der Waals surface area contributed by atoms with E-state index < -0.39 is 0 Å². The van der Waals surface area contributed by atoms with E-state index in [2.05, 4.69) is 10.3 Å². The third kappa shape index (κ3) is 5.05. The Morgan fingerprint density at radius 2 is 1.77 bits per heavy atom. The van der Waals surface area contributed by atoms with Crippen LogP contribution in [0.25, 0.3) is 6.08 Å². The van der Waals surface area contributed by atoms with E-state index in [1.807, 2.05) is 60.7 Å². The average molecular weight is 455 g/mol. The zero-order valence-corrected chi connectivity index (χ0v) is 18.0. The van der Waals surface area contributed by atoms with E-state index in [0.29, 0.717) is 25.9 Å². The highest BCUT2D eigenvalue weighted by Gasteiger charge is 2.24. The number of nitrogens with one attached hydrogen (secondary N) is 1. The van der Waals surface area contributed by atoms with Gasteiger partial charge in [-0.1, -0.05) is 65.7 Å². The second-order valence-corrected chi connectivity index (χ2v) is 8.25. The maximum Gasteiger partial charge on any atom is 0.264 e. The van der Waals surface area contributed by atoms with Gasteiger partial charge in [-0.2, -0.15) is 0 Å². The number of hydrogen-bond acceptors (Lipinski definition) is 4. The van der Waals surface area contributed by atoms with E-state index in [9.17, 15) is 4.79 Å². The van der Waals surface area contributed by atoms with Crippen molar-refractivity contribution in [2.24, 2.45) is 4.99 Å². The first kappa shape index (κ1) is 20.5. The van der Waals surface area contributed by atoms with Gasteiger partial charge >= 0.3 is 0 Å². The van der Waals surface area contributed by atoms with E-state index in [-0.39, 0.29) is 12.5 Å². The molecule has 4 nitrogen and oxygen atoms in total. The summed E-state index contributed by atoms with van der Waals surface area (Å²) in [6, 6.07) is 22.3. The van der Waals surface area contributed by atoms with Gasteiger partial charge in [-0.15, -0.1) is 0 Å². The Morgan fingerprint density at radius 3 is 2.57 bits per heavy atom. The smallest absolute Gasteiger partial charge is 0.264 e. The molecule has 0 saturated carbocycles. The minimum Gasteiger partial charge on any atom is -0.488 e. The van der Waals surface area contributed by atoms with E-state index in [0.717, 1.165) is 16.8 Å². The van der Waals surface area contributed by atoms with Crippen molar-refractivity contribution in [2.45, 2.75) is 6.61 Å². The van der Waals surface area contributed by atoms with Crippen molar-refractivity contribution in [1.82, 2.24) is 5.32 Å². The number of hydrogen-bond donors (Lipinski definition) is 1. The molecular weight excluding hydrogens is 439 g/mol. The highest BCUT2D eigenvalue weighted by molar-refractivity contribution is 8.18. The molecule has 3 aromatic carbocycles. The van der Waals surface area contributed by atoms with Gasteiger partial charge in [0.05, 0.1) is 10.6 Å². The SMILES string of the molecule is O=C1NC(=Nc2ccccc2)S/C1=C/c1ccccc1OCc1ccc(Cl)cc1Cl. The molecule has 0 unspecified atom stereocenters. The van der Waals surface area contributed by atoms with Gasteiger partial charge in [-0.3, -0.25) is 4.79 Å². The molecule has 3 aromatic rings. The van der Waals surface area contributed by atoms with Crippen LogP contribution in [-0.4, -0.2) is 11.1 Å². The van der Waals surface area contributed by atoms with Crippen LogP contribution in [0.4, 0.5) is 5.69 Å². The van der Waals surface area contributed by atoms with E-state index in [4.69, 9.17) is 27.9 Å². The Morgan fingerprint density at radius 1 is 1.00 bits per heavy atom. The topological polar surface area (TPSA) is 50.7 Å². The highest BCUT2D eigenvalue weighted by atomic mass is 35.5. The summed E-state index contributed by atoms with van der Waals surface area (Å²) in [6.07, 6.45) is 1.80. The summed E-state index contributed by atoms with van der Waals surface area (Å²) in [4.78, 5) is 17.4. The summed E-state index contributed by atoms with van der Waals surface area (Å²) >= 11 is 13.5. The van der Waals surface area contributed by atoms with Gasteiger partial charge in [0.2, 0.25) is 0 Å². The third-order valence-corrected chi connectivity index (χ3v) is 5.74. The lowest BCUT2D eigenvalue weighted by atomic mass is 10.2. The fraction of sp³-hybridized carbons (Fsp3) is 0.0435. The number of carbonyl (C=O) groups excluding carboxylic acids is 1. The third-order valence-electron chi connectivity index (χ3n) is 4.24. The molecule has 1 aliphatic heterocycles. The van der Waals surface area contributed by atoms with Crippen molar-refractivity contribution in [3.05, 3.63) is 98.9 Å². The van der Waals surface area contributed by atoms with Crippen molar-refractivity contribution in [3.8, 4) is 5.75 Å². The summed E-state index contributed by atoms with van der Waals surface area (Å²) in [5.74, 6) is 0.461. The lowest BCUT2D eigenvalue weighted by Crippen LogP contribution is -2.19. The molecular formula is C23H16Cl2N2O2S. The van der Waals surface area contributed by atoms with Gasteiger partial charge in [0.1, 0.15) is 12.4 Å². The minimum atomic E-state index is -0.190. The monoisotopic (exact) mass is 454 g/mol. The van der Waals surface area contributed by atoms with Crippen LogP contribution in [0.2, 0.25) is 10.0 Å². The van der Waals surface area contributed by atoms with Crippen LogP contribution in [-0.2, 0) is 11.4 Å². The zero-order valence-electron chi connectivity index (χ0n) is 15.6. The molecule has 0 aliphatic carbocycles. The van der Waals surface area contributed by atoms with Gasteiger partial charge in [0.25, 0.3) is 5.91 Å². The predicted molar refractivity (Wildman–Crippen MR) is 124 cm³/mol. The van der Waals surface area contributed by atoms with E-state index in [1.54, 1.807) is 18.2 Å². The maximum atomic E-state index is 12.4. The van der Waals surface area contributed by atoms with Crippen molar-refractivity contribution in [1.29, 1.82) is 0 Å². The van der Waals surface area contributed by atoms with Crippen molar-refractivity contribution < 1.29 is 9.53 Å². The number of para-hydroxylation sites is 2. The molecule has 0 bridgehead atoms. The van der Waals surface area contributed by atoms with Gasteiger partial charge in [0.15, 0.2) is 5.17 Å². The Bertz CT molecular complexity index is 1150. The Kier molecular flexibility index (Phi) is 6.43. The second-order valence-electron chi connectivity index (χ2n) is 6.38. The van der Waals surface area contributed by atoms with Gasteiger partial charge < -0.3 is 10.1 Å². The summed E-state index contributed by atoms with van der Waals surface area (Å²) in [6.45, 7) is 0.288. The number of carbonyl (C=O) groups is 1. The Hall–Kier alpha value is -2.73. The number of aliphatic imine (C=N–C) groups is 1. The number of nitrogens with zero attached hydrogens (tertiary/aromatic N) is 1. The van der Waals surface area contributed by atoms with Crippen LogP contribution < -0.4 is 10.1 Å². The quantitative estimate of drug-likeness (QED) is 0.449. The van der Waals surface area contributed by atoms with Crippen molar-refractivity contribution in [2.75, 3.05) is 0 Å². The first-order valence-corrected chi connectivity index (χ1v) is 10.7. The molecule has 1 fully saturated rings. The molecule has 1 saturated heterocycles. The van der Waals surface area contributed by atoms with Crippen molar-refractivity contribution in [3.63, 3.8) is 0 Å². The fourth-order valence-electron chi connectivity index (χ4n) is 2.77. The van der Waals surface area contributed by atoms with E-state index >= 15 is 0 Å². The Balaban J connectivity index is 1.53. The normalized spacial score (nSPS) is 16.1. The van der Waals surface area contributed by atoms with Crippen LogP contribution in [0, 0.1) is 0 Å². The average Bonchev–Trinajstić information content (AvgIpc) is 3.08. The van der Waals surface area contributed by atoms with Crippen LogP contribution in [0.15, 0.2) is 82.7 Å². The largest absolute Gasteiger partial charge is 0.488 e. The molecule has 1 amide bonds. The minimum absolute atomic E-state index is 0.190. The zero-order chi connectivity index (χ0) is 20.9. The summed E-state index contributed by atoms with van der Waals surface area (Å²) in [7, 11) is 0. The summed E-state index contributed by atoms with van der Waals surface area (Å²) in [5, 5.41) is 4.47. The molecule has 0 radical (unpaired) electrons. The van der Waals surface area contributed by atoms with Gasteiger partial charge in [0, 0.05) is 21.2 Å². The number of benzene rings is 3. The standard InChI is InChI=1S/C23H16Cl2N2O2S/c24-17-11-10-16(19(25)13-17)14-29-20-9-5-4-6-15(20)12-21-22(28)27-23(30-21)26-18-7-2-1-3-8-18/h1-13H,14H2,(H,26,27,28)/b21-12+. The first-order chi connectivity index (χ1) is 14.6. The van der Waals surface area contributed by atoms with Crippen molar-refractivity contribution >= 4 is 57.8 Å². The molecule has 1 N–H and O–H groups in total. The number of amidine groups is 1. The fourth-order valence-corrected chi connectivity index (χ4v) is 4.06. The lowest BCUT2D eigenvalue weighted by Gasteiger charge is -2.11. The van der Waals surface area contributed by atoms with Crippen LogP contribution in [0.1, 0.15) is 11.1 Å². The molecule has 150 valence electrons. The first-order valence-electron chi connectivity index (χ1n) is 9.09. The number of halogens is 2. The summed E-state index contributed by atoms with van der Waals surface area (Å²) < 4.78 is 5.97. The van der Waals surface area contributed by atoms with Crippen LogP contribution in [0.5, 0.6) is 5.75 Å². The molecule has 30 heavy (non-hydrogen) atoms. The highest BCUT2D eigenvalue weighted by Crippen LogP contribution is 2.31. The molecule has 0 aromatic heterocycles. The number of thioether (sulfide) groups is 1. The summed E-state index contributed by atoms with van der Waals surface area (Å²) in [5.41, 5.74) is 2.40. The molecule has 1 aliphatic rings. The predicted octanol–water partition coefficient (Wildman–Crippen LogP) is 6.46. The Labute approximate surface area is 188 Å². The molecule has 0 spiro atoms. The molecule has 1 heterocycles. The van der Waals surface area contributed by atoms with Gasteiger partial charge in [-0.25, -0.2) is 4.99 Å². The van der Waals surface area contributed by atoms with Crippen LogP contribution in [0.3, 0.4) is 0 Å².